The average molecular weight is 435 g/mol. The summed E-state index contributed by atoms with van der Waals surface area (Å²) < 4.78 is 5.36. The number of likely N-dealkylation sites (tertiary alicyclic amines) is 1. The molecule has 0 radical (unpaired) electrons. The van der Waals surface area contributed by atoms with Crippen molar-refractivity contribution in [3.8, 4) is 0 Å². The number of nitrogens with one attached hydrogen (secondary N) is 1. The summed E-state index contributed by atoms with van der Waals surface area (Å²) in [6.07, 6.45) is 4.34. The van der Waals surface area contributed by atoms with Gasteiger partial charge in [-0.3, -0.25) is 4.99 Å². The Kier molecular flexibility index (Phi) is 8.98. The van der Waals surface area contributed by atoms with E-state index in [0.29, 0.717) is 18.5 Å². The van der Waals surface area contributed by atoms with E-state index in [4.69, 9.17) is 9.41 Å². The summed E-state index contributed by atoms with van der Waals surface area (Å²) in [5.74, 6) is 2.27. The Bertz CT molecular complexity index is 462. The lowest BCUT2D eigenvalue weighted by atomic mass is 10.0. The molecular weight excluding hydrogens is 405 g/mol. The maximum absolute atomic E-state index is 9.78. The number of guanidine groups is 1. The maximum Gasteiger partial charge on any atom is 0.194 e. The highest BCUT2D eigenvalue weighted by Crippen LogP contribution is 2.19. The first-order valence-electron chi connectivity index (χ1n) is 8.36. The fraction of sp³-hybridized carbons (Fsp3) is 0.706. The fourth-order valence-corrected chi connectivity index (χ4v) is 2.66. The van der Waals surface area contributed by atoms with Gasteiger partial charge < -0.3 is 19.7 Å². The summed E-state index contributed by atoms with van der Waals surface area (Å²) in [6.45, 7) is 8.76. The summed E-state index contributed by atoms with van der Waals surface area (Å²) in [7, 11) is 0. The van der Waals surface area contributed by atoms with Gasteiger partial charge in [0.25, 0.3) is 0 Å². The summed E-state index contributed by atoms with van der Waals surface area (Å²) >= 11 is 0. The zero-order valence-electron chi connectivity index (χ0n) is 14.4. The van der Waals surface area contributed by atoms with Gasteiger partial charge in [-0.2, -0.15) is 0 Å². The summed E-state index contributed by atoms with van der Waals surface area (Å²) in [5, 5.41) is 13.3. The van der Waals surface area contributed by atoms with Crippen LogP contribution in [0.5, 0.6) is 0 Å². The van der Waals surface area contributed by atoms with Crippen LogP contribution >= 0.6 is 24.0 Å². The molecular formula is C17H30IN3O2. The molecule has 6 heteroatoms. The first kappa shape index (κ1) is 20.3. The van der Waals surface area contributed by atoms with Gasteiger partial charge >= 0.3 is 0 Å². The lowest BCUT2D eigenvalue weighted by Gasteiger charge is -2.25. The van der Waals surface area contributed by atoms with E-state index in [0.717, 1.165) is 44.1 Å². The van der Waals surface area contributed by atoms with E-state index in [1.165, 1.54) is 0 Å². The highest BCUT2D eigenvalue weighted by molar-refractivity contribution is 14.0. The third kappa shape index (κ3) is 6.33. The highest BCUT2D eigenvalue weighted by atomic mass is 127. The molecule has 1 aliphatic rings. The van der Waals surface area contributed by atoms with E-state index in [1.54, 1.807) is 6.26 Å². The zero-order chi connectivity index (χ0) is 15.9. The zero-order valence-corrected chi connectivity index (χ0v) is 16.7. The Labute approximate surface area is 156 Å². The lowest BCUT2D eigenvalue weighted by Crippen LogP contribution is -2.44. The van der Waals surface area contributed by atoms with Gasteiger partial charge in [-0.15, -0.1) is 24.0 Å². The molecule has 2 rings (SSSR count). The van der Waals surface area contributed by atoms with E-state index in [1.807, 2.05) is 19.1 Å². The second-order valence-electron chi connectivity index (χ2n) is 6.22. The Morgan fingerprint density at radius 2 is 2.30 bits per heavy atom. The minimum atomic E-state index is -0.252. The molecule has 0 aliphatic carbocycles. The van der Waals surface area contributed by atoms with Gasteiger partial charge in [0, 0.05) is 38.0 Å². The number of hydrogen-bond donors (Lipinski definition) is 2. The first-order valence-corrected chi connectivity index (χ1v) is 8.36. The number of aliphatic hydroxyl groups excluding tert-OH is 1. The molecule has 1 fully saturated rings. The molecule has 23 heavy (non-hydrogen) atoms. The van der Waals surface area contributed by atoms with Crippen molar-refractivity contribution >= 4 is 29.9 Å². The molecule has 0 aromatic carbocycles. The van der Waals surface area contributed by atoms with Crippen molar-refractivity contribution < 1.29 is 9.52 Å². The van der Waals surface area contributed by atoms with Gasteiger partial charge in [0.1, 0.15) is 5.76 Å². The van der Waals surface area contributed by atoms with Crippen molar-refractivity contribution in [3.05, 3.63) is 24.2 Å². The number of halogens is 1. The molecule has 3 atom stereocenters. The van der Waals surface area contributed by atoms with E-state index >= 15 is 0 Å². The first-order chi connectivity index (χ1) is 10.6. The standard InChI is InChI=1S/C17H29N3O2.HI/c1-4-13(2)19-17(18-9-7-16-6-5-11-22-16)20-10-8-15(12-20)14(3)21;/h5-6,11,13-15,21H,4,7-10,12H2,1-3H3,(H,18,19);1H. The molecule has 2 N–H and O–H groups in total. The minimum absolute atomic E-state index is 0. The third-order valence-electron chi connectivity index (χ3n) is 4.39. The lowest BCUT2D eigenvalue weighted by molar-refractivity contribution is 0.132. The van der Waals surface area contributed by atoms with Crippen LogP contribution in [0.1, 0.15) is 39.4 Å². The Morgan fingerprint density at radius 1 is 1.52 bits per heavy atom. The average Bonchev–Trinajstić information content (AvgIpc) is 3.17. The second kappa shape index (κ2) is 10.2. The normalized spacial score (nSPS) is 21.0. The van der Waals surface area contributed by atoms with Crippen molar-refractivity contribution in [1.82, 2.24) is 10.2 Å². The number of hydrogen-bond acceptors (Lipinski definition) is 3. The second-order valence-corrected chi connectivity index (χ2v) is 6.22. The molecule has 1 saturated heterocycles. The molecule has 0 amide bonds. The van der Waals surface area contributed by atoms with Crippen LogP contribution in [0.2, 0.25) is 0 Å². The van der Waals surface area contributed by atoms with Crippen molar-refractivity contribution in [3.63, 3.8) is 0 Å². The Hall–Kier alpha value is -0.760. The van der Waals surface area contributed by atoms with Crippen molar-refractivity contribution in [2.75, 3.05) is 19.6 Å². The molecule has 0 bridgehead atoms. The summed E-state index contributed by atoms with van der Waals surface area (Å²) in [6, 6.07) is 4.29. The predicted octanol–water partition coefficient (Wildman–Crippen LogP) is 2.89. The quantitative estimate of drug-likeness (QED) is 0.410. The van der Waals surface area contributed by atoms with Crippen LogP contribution < -0.4 is 5.32 Å². The molecule has 2 heterocycles. The van der Waals surface area contributed by atoms with Gasteiger partial charge in [0.15, 0.2) is 5.96 Å². The maximum atomic E-state index is 9.78. The molecule has 3 unspecified atom stereocenters. The molecule has 0 saturated carbocycles. The topological polar surface area (TPSA) is 61.0 Å². The fourth-order valence-electron chi connectivity index (χ4n) is 2.66. The monoisotopic (exact) mass is 435 g/mol. The number of aliphatic hydroxyl groups is 1. The van der Waals surface area contributed by atoms with Gasteiger partial charge in [0.05, 0.1) is 12.4 Å². The van der Waals surface area contributed by atoms with Gasteiger partial charge in [-0.1, -0.05) is 6.92 Å². The van der Waals surface area contributed by atoms with Crippen molar-refractivity contribution in [1.29, 1.82) is 0 Å². The van der Waals surface area contributed by atoms with Crippen molar-refractivity contribution in [2.24, 2.45) is 10.9 Å². The van der Waals surface area contributed by atoms with E-state index in [-0.39, 0.29) is 30.1 Å². The largest absolute Gasteiger partial charge is 0.469 e. The van der Waals surface area contributed by atoms with Gasteiger partial charge in [-0.25, -0.2) is 0 Å². The van der Waals surface area contributed by atoms with E-state index in [9.17, 15) is 5.11 Å². The molecule has 0 spiro atoms. The van der Waals surface area contributed by atoms with Crippen LogP contribution in [0.3, 0.4) is 0 Å². The molecule has 1 aromatic heterocycles. The van der Waals surface area contributed by atoms with Crippen molar-refractivity contribution in [2.45, 2.75) is 52.2 Å². The van der Waals surface area contributed by atoms with Gasteiger partial charge in [0.2, 0.25) is 0 Å². The Morgan fingerprint density at radius 3 is 2.87 bits per heavy atom. The molecule has 5 nitrogen and oxygen atoms in total. The van der Waals surface area contributed by atoms with Crippen LogP contribution in [0.15, 0.2) is 27.8 Å². The number of rotatable bonds is 6. The van der Waals surface area contributed by atoms with E-state index < -0.39 is 0 Å². The third-order valence-corrected chi connectivity index (χ3v) is 4.39. The smallest absolute Gasteiger partial charge is 0.194 e. The number of aliphatic imine (C=N–C) groups is 1. The van der Waals surface area contributed by atoms with Gasteiger partial charge in [-0.05, 0) is 38.8 Å². The highest BCUT2D eigenvalue weighted by Gasteiger charge is 2.28. The van der Waals surface area contributed by atoms with Crippen LogP contribution in [0, 0.1) is 5.92 Å². The SMILES string of the molecule is CCC(C)NC(=NCCc1ccco1)N1CCC(C(C)O)C1.I. The predicted molar refractivity (Wildman–Crippen MR) is 104 cm³/mol. The van der Waals surface area contributed by atoms with Crippen LogP contribution in [0.25, 0.3) is 0 Å². The molecule has 1 aliphatic heterocycles. The Balaban J connectivity index is 0.00000264. The number of nitrogens with zero attached hydrogens (tertiary/aromatic N) is 2. The molecule has 1 aromatic rings. The van der Waals surface area contributed by atoms with Crippen LogP contribution in [-0.4, -0.2) is 47.7 Å². The summed E-state index contributed by atoms with van der Waals surface area (Å²) in [5.41, 5.74) is 0. The summed E-state index contributed by atoms with van der Waals surface area (Å²) in [4.78, 5) is 7.02. The number of furan rings is 1. The van der Waals surface area contributed by atoms with Crippen LogP contribution in [-0.2, 0) is 6.42 Å². The minimum Gasteiger partial charge on any atom is -0.469 e. The van der Waals surface area contributed by atoms with E-state index in [2.05, 4.69) is 24.1 Å². The van der Waals surface area contributed by atoms with Crippen LogP contribution in [0.4, 0.5) is 0 Å². The molecule has 132 valence electrons.